The minimum atomic E-state index is -8.46. The van der Waals surface area contributed by atoms with Crippen LogP contribution in [-0.2, 0) is 9.59 Å². The van der Waals surface area contributed by atoms with Crippen LogP contribution in [0.1, 0.15) is 71.1 Å². The number of rotatable bonds is 21. The first-order valence-corrected chi connectivity index (χ1v) is 15.3. The maximum absolute atomic E-state index is 15.2. The number of carbonyl (C=O) groups excluding carboxylic acids is 2. The standard InChI is InChI=1S/C28H40F15N3O2/c1-3-4-5-8-11-20(12-9-6-7-10-19-47)46(18-17-45-15-13-44(2)14-16-45)21(48)22(29,30)23(31,32)24(33,34)25(35,36)26(37,38)27(39,40)28(41,42)43/h19-20H,3-18H2,1-2H3. The van der Waals surface area contributed by atoms with Crippen LogP contribution < -0.4 is 0 Å². The Morgan fingerprint density at radius 2 is 1.12 bits per heavy atom. The first-order chi connectivity index (χ1) is 21.8. The smallest absolute Gasteiger partial charge is 0.333 e. The van der Waals surface area contributed by atoms with Gasteiger partial charge in [-0.05, 0) is 26.3 Å². The molecule has 1 saturated heterocycles. The summed E-state index contributed by atoms with van der Waals surface area (Å²) in [6, 6.07) is -1.43. The Labute approximate surface area is 268 Å². The monoisotopic (exact) mass is 735 g/mol. The summed E-state index contributed by atoms with van der Waals surface area (Å²) in [6.07, 6.45) is -4.99. The first-order valence-electron chi connectivity index (χ1n) is 15.3. The summed E-state index contributed by atoms with van der Waals surface area (Å²) < 4.78 is 209. The molecule has 1 atom stereocenters. The molecule has 0 spiro atoms. The second kappa shape index (κ2) is 16.8. The fourth-order valence-corrected chi connectivity index (χ4v) is 5.10. The number of likely N-dealkylation sites (N-methyl/N-ethyl adjacent to an activating group) is 1. The van der Waals surface area contributed by atoms with Gasteiger partial charge in [-0.1, -0.05) is 45.4 Å². The molecule has 20 heteroatoms. The van der Waals surface area contributed by atoms with Crippen LogP contribution in [0.2, 0.25) is 0 Å². The highest BCUT2D eigenvalue weighted by Crippen LogP contribution is 2.62. The van der Waals surface area contributed by atoms with Crippen molar-refractivity contribution in [2.75, 3.05) is 46.3 Å². The topological polar surface area (TPSA) is 43.9 Å². The number of halogens is 15. The van der Waals surface area contributed by atoms with Gasteiger partial charge in [-0.3, -0.25) is 9.69 Å². The third kappa shape index (κ3) is 9.21. The van der Waals surface area contributed by atoms with E-state index in [1.165, 1.54) is 0 Å². The predicted molar refractivity (Wildman–Crippen MR) is 143 cm³/mol. The van der Waals surface area contributed by atoms with Crippen LogP contribution in [-0.4, -0.2) is 121 Å². The number of aldehydes is 1. The van der Waals surface area contributed by atoms with E-state index < -0.39 is 60.2 Å². The van der Waals surface area contributed by atoms with Crippen molar-refractivity contribution >= 4 is 12.2 Å². The molecule has 1 aliphatic rings. The predicted octanol–water partition coefficient (Wildman–Crippen LogP) is 7.92. The molecular formula is C28H40F15N3O2. The van der Waals surface area contributed by atoms with Gasteiger partial charge in [0.15, 0.2) is 0 Å². The number of hydrogen-bond acceptors (Lipinski definition) is 4. The second-order valence-corrected chi connectivity index (χ2v) is 11.9. The lowest BCUT2D eigenvalue weighted by atomic mass is 9.90. The second-order valence-electron chi connectivity index (χ2n) is 11.9. The van der Waals surface area contributed by atoms with Gasteiger partial charge in [0.1, 0.15) is 6.29 Å². The molecule has 1 unspecified atom stereocenters. The van der Waals surface area contributed by atoms with Crippen molar-refractivity contribution in [2.24, 2.45) is 0 Å². The van der Waals surface area contributed by atoms with Gasteiger partial charge in [0.2, 0.25) is 0 Å². The highest BCUT2D eigenvalue weighted by Gasteiger charge is 2.94. The van der Waals surface area contributed by atoms with Crippen molar-refractivity contribution in [1.82, 2.24) is 14.7 Å². The van der Waals surface area contributed by atoms with Crippen LogP contribution in [0.3, 0.4) is 0 Å². The molecular weight excluding hydrogens is 695 g/mol. The highest BCUT2D eigenvalue weighted by molar-refractivity contribution is 5.85. The van der Waals surface area contributed by atoms with Crippen LogP contribution >= 0.6 is 0 Å². The normalized spacial score (nSPS) is 17.4. The van der Waals surface area contributed by atoms with Gasteiger partial charge < -0.3 is 14.6 Å². The van der Waals surface area contributed by atoms with E-state index in [0.29, 0.717) is 38.6 Å². The summed E-state index contributed by atoms with van der Waals surface area (Å²) in [5.41, 5.74) is 0. The van der Waals surface area contributed by atoms with Gasteiger partial charge in [0.05, 0.1) is 0 Å². The lowest BCUT2D eigenvalue weighted by Crippen LogP contribution is -2.74. The molecule has 1 aliphatic heterocycles. The zero-order valence-corrected chi connectivity index (χ0v) is 26.3. The largest absolute Gasteiger partial charge is 0.460 e. The molecule has 0 bridgehead atoms. The molecule has 1 amide bonds. The zero-order chi connectivity index (χ0) is 37.4. The number of alkyl halides is 15. The Hall–Kier alpha value is -1.99. The number of carbonyl (C=O) groups is 2. The van der Waals surface area contributed by atoms with Crippen molar-refractivity contribution in [1.29, 1.82) is 0 Å². The van der Waals surface area contributed by atoms with Crippen molar-refractivity contribution in [2.45, 2.75) is 119 Å². The van der Waals surface area contributed by atoms with Gasteiger partial charge >= 0.3 is 41.7 Å². The van der Waals surface area contributed by atoms with Crippen molar-refractivity contribution in [3.8, 4) is 0 Å². The van der Waals surface area contributed by atoms with Gasteiger partial charge in [-0.15, -0.1) is 0 Å². The van der Waals surface area contributed by atoms with Crippen LogP contribution in [0, 0.1) is 0 Å². The van der Waals surface area contributed by atoms with E-state index in [1.54, 1.807) is 18.9 Å². The zero-order valence-electron chi connectivity index (χ0n) is 26.3. The highest BCUT2D eigenvalue weighted by atomic mass is 19.4. The molecule has 0 aromatic rings. The van der Waals surface area contributed by atoms with Gasteiger partial charge in [0, 0.05) is 51.7 Å². The van der Waals surface area contributed by atoms with E-state index >= 15 is 8.78 Å². The number of hydrogen-bond donors (Lipinski definition) is 0. The van der Waals surface area contributed by atoms with Crippen molar-refractivity contribution in [3.05, 3.63) is 0 Å². The number of piperazine rings is 1. The molecule has 5 nitrogen and oxygen atoms in total. The molecule has 1 fully saturated rings. The minimum absolute atomic E-state index is 0.0363. The average Bonchev–Trinajstić information content (AvgIpc) is 2.98. The Bertz CT molecular complexity index is 1020. The molecule has 0 radical (unpaired) electrons. The number of unbranched alkanes of at least 4 members (excludes halogenated alkanes) is 6. The lowest BCUT2D eigenvalue weighted by Gasteiger charge is -2.43. The van der Waals surface area contributed by atoms with E-state index in [4.69, 9.17) is 0 Å². The van der Waals surface area contributed by atoms with E-state index in [2.05, 4.69) is 0 Å². The maximum atomic E-state index is 15.2. The summed E-state index contributed by atoms with van der Waals surface area (Å²) >= 11 is 0. The van der Waals surface area contributed by atoms with E-state index in [9.17, 15) is 66.7 Å². The SMILES string of the molecule is CCCCCCC(CCCCCC=O)N(CCN1CCN(C)CC1)C(=O)C(F)(F)C(F)(F)C(F)(F)C(F)(F)C(F)(F)C(F)(F)C(F)(F)F. The average molecular weight is 736 g/mol. The summed E-state index contributed by atoms with van der Waals surface area (Å²) in [7, 11) is 1.73. The molecule has 284 valence electrons. The Morgan fingerprint density at radius 1 is 0.667 bits per heavy atom. The first kappa shape index (κ1) is 44.0. The summed E-state index contributed by atoms with van der Waals surface area (Å²) in [6.45, 7) is 2.00. The van der Waals surface area contributed by atoms with Gasteiger partial charge in [-0.25, -0.2) is 0 Å². The van der Waals surface area contributed by atoms with E-state index in [0.717, 1.165) is 0 Å². The van der Waals surface area contributed by atoms with Crippen LogP contribution in [0.5, 0.6) is 0 Å². The molecule has 1 heterocycles. The van der Waals surface area contributed by atoms with Crippen molar-refractivity contribution < 1.29 is 75.4 Å². The molecule has 0 aromatic carbocycles. The summed E-state index contributed by atoms with van der Waals surface area (Å²) in [4.78, 5) is 27.2. The lowest BCUT2D eigenvalue weighted by molar-refractivity contribution is -0.450. The Balaban J connectivity index is 3.62. The summed E-state index contributed by atoms with van der Waals surface area (Å²) in [5.74, 6) is -51.4. The fourth-order valence-electron chi connectivity index (χ4n) is 5.10. The molecule has 1 rings (SSSR count). The van der Waals surface area contributed by atoms with Crippen LogP contribution in [0.15, 0.2) is 0 Å². The number of nitrogens with zero attached hydrogens (tertiary/aromatic N) is 3. The van der Waals surface area contributed by atoms with Crippen LogP contribution in [0.4, 0.5) is 65.9 Å². The number of amides is 1. The Morgan fingerprint density at radius 3 is 1.58 bits per heavy atom. The molecule has 48 heavy (non-hydrogen) atoms. The third-order valence-electron chi connectivity index (χ3n) is 8.30. The summed E-state index contributed by atoms with van der Waals surface area (Å²) in [5, 5.41) is 0. The van der Waals surface area contributed by atoms with E-state index in [-0.39, 0.29) is 69.5 Å². The maximum Gasteiger partial charge on any atom is 0.460 e. The quantitative estimate of drug-likeness (QED) is 0.0683. The van der Waals surface area contributed by atoms with E-state index in [1.807, 2.05) is 4.90 Å². The Kier molecular flexibility index (Phi) is 15.4. The molecule has 0 N–H and O–H groups in total. The van der Waals surface area contributed by atoms with Crippen LogP contribution in [0.25, 0.3) is 0 Å². The third-order valence-corrected chi connectivity index (χ3v) is 8.30. The molecule has 0 aliphatic carbocycles. The van der Waals surface area contributed by atoms with Gasteiger partial charge in [-0.2, -0.15) is 65.9 Å². The van der Waals surface area contributed by atoms with Gasteiger partial charge in [0.25, 0.3) is 5.91 Å². The van der Waals surface area contributed by atoms with Crippen molar-refractivity contribution in [3.63, 3.8) is 0 Å². The minimum Gasteiger partial charge on any atom is -0.333 e. The fraction of sp³-hybridized carbons (Fsp3) is 0.929. The molecule has 0 aromatic heterocycles. The molecule has 0 saturated carbocycles.